The van der Waals surface area contributed by atoms with E-state index < -0.39 is 0 Å². The van der Waals surface area contributed by atoms with E-state index in [4.69, 9.17) is 5.73 Å². The van der Waals surface area contributed by atoms with Gasteiger partial charge < -0.3 is 11.1 Å². The van der Waals surface area contributed by atoms with E-state index in [-0.39, 0.29) is 11.3 Å². The molecule has 0 aliphatic rings. The SMILES string of the molecule is CC(C)(C)C(=O)NCCSCN. The van der Waals surface area contributed by atoms with Crippen LogP contribution in [0.25, 0.3) is 0 Å². The van der Waals surface area contributed by atoms with Crippen molar-refractivity contribution in [2.45, 2.75) is 20.8 Å². The first-order valence-electron chi connectivity index (χ1n) is 4.04. The van der Waals surface area contributed by atoms with Gasteiger partial charge in [-0.3, -0.25) is 4.79 Å². The van der Waals surface area contributed by atoms with Gasteiger partial charge in [0.1, 0.15) is 0 Å². The van der Waals surface area contributed by atoms with Crippen molar-refractivity contribution in [3.05, 3.63) is 0 Å². The minimum atomic E-state index is -0.284. The summed E-state index contributed by atoms with van der Waals surface area (Å²) in [5.74, 6) is 1.60. The largest absolute Gasteiger partial charge is 0.355 e. The third-order valence-corrected chi connectivity index (χ3v) is 2.06. The number of hydrogen-bond donors (Lipinski definition) is 2. The van der Waals surface area contributed by atoms with Crippen molar-refractivity contribution in [1.82, 2.24) is 5.32 Å². The van der Waals surface area contributed by atoms with Gasteiger partial charge in [0.05, 0.1) is 0 Å². The number of thioether (sulfide) groups is 1. The van der Waals surface area contributed by atoms with Crippen molar-refractivity contribution in [2.75, 3.05) is 18.2 Å². The van der Waals surface area contributed by atoms with Crippen LogP contribution in [0.15, 0.2) is 0 Å². The normalized spacial score (nSPS) is 11.3. The minimum absolute atomic E-state index is 0.0973. The second kappa shape index (κ2) is 5.43. The number of carbonyl (C=O) groups is 1. The minimum Gasteiger partial charge on any atom is -0.355 e. The summed E-state index contributed by atoms with van der Waals surface area (Å²) >= 11 is 1.62. The fourth-order valence-electron chi connectivity index (χ4n) is 0.585. The highest BCUT2D eigenvalue weighted by molar-refractivity contribution is 7.99. The average Bonchev–Trinajstić information content (AvgIpc) is 1.96. The molecule has 0 rings (SSSR count). The number of nitrogens with one attached hydrogen (secondary N) is 1. The van der Waals surface area contributed by atoms with E-state index in [1.54, 1.807) is 11.8 Å². The van der Waals surface area contributed by atoms with E-state index in [1.165, 1.54) is 0 Å². The summed E-state index contributed by atoms with van der Waals surface area (Å²) in [5, 5.41) is 2.84. The van der Waals surface area contributed by atoms with Gasteiger partial charge >= 0.3 is 0 Å². The van der Waals surface area contributed by atoms with Crippen molar-refractivity contribution in [2.24, 2.45) is 11.1 Å². The average molecular weight is 190 g/mol. The predicted octanol–water partition coefficient (Wildman–Crippen LogP) is 0.798. The van der Waals surface area contributed by atoms with Gasteiger partial charge in [-0.15, -0.1) is 11.8 Å². The Kier molecular flexibility index (Phi) is 5.33. The van der Waals surface area contributed by atoms with Crippen LogP contribution in [-0.2, 0) is 4.79 Å². The van der Waals surface area contributed by atoms with Crippen molar-refractivity contribution in [3.63, 3.8) is 0 Å². The summed E-state index contributed by atoms with van der Waals surface area (Å²) in [4.78, 5) is 11.3. The fraction of sp³-hybridized carbons (Fsp3) is 0.875. The highest BCUT2D eigenvalue weighted by Gasteiger charge is 2.19. The standard InChI is InChI=1S/C8H18N2OS/c1-8(2,3)7(11)10-4-5-12-6-9/h4-6,9H2,1-3H3,(H,10,11). The van der Waals surface area contributed by atoms with Gasteiger partial charge in [-0.05, 0) is 0 Å². The lowest BCUT2D eigenvalue weighted by molar-refractivity contribution is -0.128. The van der Waals surface area contributed by atoms with E-state index >= 15 is 0 Å². The van der Waals surface area contributed by atoms with E-state index in [0.717, 1.165) is 5.75 Å². The second-order valence-electron chi connectivity index (χ2n) is 3.58. The van der Waals surface area contributed by atoms with Crippen LogP contribution in [0, 0.1) is 5.41 Å². The molecule has 0 saturated carbocycles. The summed E-state index contributed by atoms with van der Waals surface area (Å²) in [7, 11) is 0. The van der Waals surface area contributed by atoms with Gasteiger partial charge in [0.15, 0.2) is 0 Å². The Morgan fingerprint density at radius 1 is 1.50 bits per heavy atom. The van der Waals surface area contributed by atoms with Crippen LogP contribution >= 0.6 is 11.8 Å². The van der Waals surface area contributed by atoms with Crippen molar-refractivity contribution < 1.29 is 4.79 Å². The maximum atomic E-state index is 11.3. The Morgan fingerprint density at radius 2 is 2.08 bits per heavy atom. The molecule has 0 heterocycles. The van der Waals surface area contributed by atoms with E-state index in [1.807, 2.05) is 20.8 Å². The first-order chi connectivity index (χ1) is 5.48. The topological polar surface area (TPSA) is 55.1 Å². The summed E-state index contributed by atoms with van der Waals surface area (Å²) in [5.41, 5.74) is 5.00. The van der Waals surface area contributed by atoms with Crippen molar-refractivity contribution in [1.29, 1.82) is 0 Å². The van der Waals surface area contributed by atoms with Crippen molar-refractivity contribution >= 4 is 17.7 Å². The predicted molar refractivity (Wildman–Crippen MR) is 54.0 cm³/mol. The zero-order valence-electron chi connectivity index (χ0n) is 8.02. The molecule has 0 atom stereocenters. The molecule has 3 N–H and O–H groups in total. The summed E-state index contributed by atoms with van der Waals surface area (Å²) in [6.07, 6.45) is 0. The number of hydrogen-bond acceptors (Lipinski definition) is 3. The van der Waals surface area contributed by atoms with E-state index in [2.05, 4.69) is 5.32 Å². The van der Waals surface area contributed by atoms with Gasteiger partial charge in [0.2, 0.25) is 5.91 Å². The number of carbonyl (C=O) groups excluding carboxylic acids is 1. The lowest BCUT2D eigenvalue weighted by Gasteiger charge is -2.17. The maximum absolute atomic E-state index is 11.3. The number of nitrogens with two attached hydrogens (primary N) is 1. The molecule has 0 fully saturated rings. The number of rotatable bonds is 4. The molecule has 3 nitrogen and oxygen atoms in total. The molecular formula is C8H18N2OS. The molecular weight excluding hydrogens is 172 g/mol. The van der Waals surface area contributed by atoms with Crippen LogP contribution in [0.5, 0.6) is 0 Å². The zero-order valence-corrected chi connectivity index (χ0v) is 8.83. The molecule has 0 radical (unpaired) electrons. The summed E-state index contributed by atoms with van der Waals surface area (Å²) in [6.45, 7) is 6.41. The van der Waals surface area contributed by atoms with Crippen LogP contribution < -0.4 is 11.1 Å². The maximum Gasteiger partial charge on any atom is 0.225 e. The molecule has 0 aromatic rings. The third-order valence-electron chi connectivity index (χ3n) is 1.33. The molecule has 72 valence electrons. The molecule has 0 spiro atoms. The third kappa shape index (κ3) is 5.43. The molecule has 0 unspecified atom stereocenters. The molecule has 0 aliphatic carbocycles. The molecule has 0 aromatic heterocycles. The monoisotopic (exact) mass is 190 g/mol. The fourth-order valence-corrected chi connectivity index (χ4v) is 0.998. The first-order valence-corrected chi connectivity index (χ1v) is 5.20. The lowest BCUT2D eigenvalue weighted by atomic mass is 9.96. The van der Waals surface area contributed by atoms with Crippen LogP contribution in [0.3, 0.4) is 0 Å². The molecule has 12 heavy (non-hydrogen) atoms. The Hall–Kier alpha value is -0.220. The number of amides is 1. The van der Waals surface area contributed by atoms with Gasteiger partial charge in [0.25, 0.3) is 0 Å². The Morgan fingerprint density at radius 3 is 2.50 bits per heavy atom. The first kappa shape index (κ1) is 11.8. The second-order valence-corrected chi connectivity index (χ2v) is 4.73. The van der Waals surface area contributed by atoms with Crippen LogP contribution in [0.2, 0.25) is 0 Å². The van der Waals surface area contributed by atoms with Crippen molar-refractivity contribution in [3.8, 4) is 0 Å². The summed E-state index contributed by atoms with van der Waals surface area (Å²) in [6, 6.07) is 0. The van der Waals surface area contributed by atoms with Crippen LogP contribution in [0.4, 0.5) is 0 Å². The molecule has 4 heteroatoms. The van der Waals surface area contributed by atoms with Crippen LogP contribution in [-0.4, -0.2) is 24.1 Å². The molecule has 0 saturated heterocycles. The summed E-state index contributed by atoms with van der Waals surface area (Å²) < 4.78 is 0. The molecule has 0 aliphatic heterocycles. The highest BCUT2D eigenvalue weighted by Crippen LogP contribution is 2.12. The molecule has 0 bridgehead atoms. The van der Waals surface area contributed by atoms with E-state index in [0.29, 0.717) is 12.4 Å². The van der Waals surface area contributed by atoms with E-state index in [9.17, 15) is 4.79 Å². The van der Waals surface area contributed by atoms with Gasteiger partial charge in [0, 0.05) is 23.6 Å². The quantitative estimate of drug-likeness (QED) is 0.509. The molecule has 0 aromatic carbocycles. The van der Waals surface area contributed by atoms with Crippen LogP contribution in [0.1, 0.15) is 20.8 Å². The lowest BCUT2D eigenvalue weighted by Crippen LogP contribution is -2.36. The van der Waals surface area contributed by atoms with Gasteiger partial charge in [-0.1, -0.05) is 20.8 Å². The Balaban J connectivity index is 3.45. The smallest absolute Gasteiger partial charge is 0.225 e. The highest BCUT2D eigenvalue weighted by atomic mass is 32.2. The Bertz CT molecular complexity index is 142. The van der Waals surface area contributed by atoms with Gasteiger partial charge in [-0.25, -0.2) is 0 Å². The zero-order chi connectivity index (χ0) is 9.61. The Labute approximate surface area is 78.5 Å². The van der Waals surface area contributed by atoms with Gasteiger partial charge in [-0.2, -0.15) is 0 Å². The molecule has 1 amide bonds.